The standard InChI is InChI=1S/C22H29FN6O3/c1-15-12-28(25-24-15)13-17-14-29(21(31)32-17)16-5-6-19(18(23)11-16)26-7-9-27(10-8-26)20(30)22(2,3)4/h5-6,11-12,17H,7-10,13-14H2,1-4H3/t17-/m0/s1. The van der Waals surface area contributed by atoms with Crippen LogP contribution < -0.4 is 9.80 Å². The Morgan fingerprint density at radius 2 is 1.94 bits per heavy atom. The van der Waals surface area contributed by atoms with Gasteiger partial charge in [-0.25, -0.2) is 13.9 Å². The molecule has 0 N–H and O–H groups in total. The first-order valence-corrected chi connectivity index (χ1v) is 10.8. The van der Waals surface area contributed by atoms with Crippen LogP contribution in [0.15, 0.2) is 24.4 Å². The van der Waals surface area contributed by atoms with Gasteiger partial charge in [-0.3, -0.25) is 9.69 Å². The van der Waals surface area contributed by atoms with Gasteiger partial charge in [-0.15, -0.1) is 5.10 Å². The lowest BCUT2D eigenvalue weighted by Crippen LogP contribution is -2.51. The summed E-state index contributed by atoms with van der Waals surface area (Å²) in [7, 11) is 0. The molecule has 1 atom stereocenters. The highest BCUT2D eigenvalue weighted by Gasteiger charge is 2.34. The van der Waals surface area contributed by atoms with E-state index in [1.165, 1.54) is 11.0 Å². The Morgan fingerprint density at radius 3 is 2.53 bits per heavy atom. The van der Waals surface area contributed by atoms with Gasteiger partial charge in [0, 0.05) is 37.8 Å². The smallest absolute Gasteiger partial charge is 0.414 e. The van der Waals surface area contributed by atoms with Gasteiger partial charge >= 0.3 is 6.09 Å². The summed E-state index contributed by atoms with van der Waals surface area (Å²) in [5.74, 6) is -0.294. The number of hydrogen-bond donors (Lipinski definition) is 0. The fourth-order valence-electron chi connectivity index (χ4n) is 4.07. The molecule has 172 valence electrons. The SMILES string of the molecule is Cc1cn(C[C@H]2CN(c3ccc(N4CCN(C(=O)C(C)(C)C)CC4)c(F)c3)C(=O)O2)nn1. The van der Waals surface area contributed by atoms with Crippen molar-refractivity contribution in [1.82, 2.24) is 19.9 Å². The van der Waals surface area contributed by atoms with Gasteiger partial charge in [0.2, 0.25) is 5.91 Å². The zero-order valence-corrected chi connectivity index (χ0v) is 18.9. The molecule has 0 aliphatic carbocycles. The third kappa shape index (κ3) is 4.53. The molecular formula is C22H29FN6O3. The zero-order chi connectivity index (χ0) is 23.0. The van der Waals surface area contributed by atoms with Gasteiger partial charge < -0.3 is 14.5 Å². The first-order valence-electron chi connectivity index (χ1n) is 10.8. The number of halogens is 1. The van der Waals surface area contributed by atoms with Crippen LogP contribution in [0.25, 0.3) is 0 Å². The summed E-state index contributed by atoms with van der Waals surface area (Å²) < 4.78 is 22.0. The Hall–Kier alpha value is -3.17. The lowest BCUT2D eigenvalue weighted by atomic mass is 9.94. The van der Waals surface area contributed by atoms with Crippen LogP contribution in [0.1, 0.15) is 26.5 Å². The second kappa shape index (κ2) is 8.40. The van der Waals surface area contributed by atoms with Crippen molar-refractivity contribution in [3.8, 4) is 0 Å². The van der Waals surface area contributed by atoms with Crippen molar-refractivity contribution in [3.63, 3.8) is 0 Å². The number of amides is 2. The highest BCUT2D eigenvalue weighted by atomic mass is 19.1. The third-order valence-corrected chi connectivity index (χ3v) is 5.71. The first kappa shape index (κ1) is 22.0. The van der Waals surface area contributed by atoms with Crippen LogP contribution in [0.5, 0.6) is 0 Å². The maximum Gasteiger partial charge on any atom is 0.414 e. The number of carbonyl (C=O) groups excluding carboxylic acids is 2. The van der Waals surface area contributed by atoms with Gasteiger partial charge in [0.05, 0.1) is 30.2 Å². The molecule has 32 heavy (non-hydrogen) atoms. The summed E-state index contributed by atoms with van der Waals surface area (Å²) in [6, 6.07) is 4.78. The van der Waals surface area contributed by atoms with E-state index >= 15 is 0 Å². The normalized spacial score (nSPS) is 19.5. The zero-order valence-electron chi connectivity index (χ0n) is 18.9. The number of anilines is 2. The Bertz CT molecular complexity index is 1010. The lowest BCUT2D eigenvalue weighted by Gasteiger charge is -2.38. The number of piperazine rings is 1. The molecule has 0 radical (unpaired) electrons. The molecular weight excluding hydrogens is 415 g/mol. The van der Waals surface area contributed by atoms with Crippen LogP contribution in [0, 0.1) is 18.2 Å². The fraction of sp³-hybridized carbons (Fsp3) is 0.545. The van der Waals surface area contributed by atoms with Crippen molar-refractivity contribution in [2.45, 2.75) is 40.3 Å². The molecule has 9 nitrogen and oxygen atoms in total. The number of hydrogen-bond acceptors (Lipinski definition) is 6. The van der Waals surface area contributed by atoms with Crippen molar-refractivity contribution in [1.29, 1.82) is 0 Å². The number of ether oxygens (including phenoxy) is 1. The second-order valence-corrected chi connectivity index (χ2v) is 9.36. The molecule has 0 spiro atoms. The molecule has 2 fully saturated rings. The number of aryl methyl sites for hydroxylation is 1. The monoisotopic (exact) mass is 444 g/mol. The largest absolute Gasteiger partial charge is 0.442 e. The summed E-state index contributed by atoms with van der Waals surface area (Å²) in [4.78, 5) is 30.0. The van der Waals surface area contributed by atoms with Gasteiger partial charge in [0.1, 0.15) is 11.9 Å². The second-order valence-electron chi connectivity index (χ2n) is 9.36. The molecule has 1 aromatic heterocycles. The minimum Gasteiger partial charge on any atom is -0.442 e. The van der Waals surface area contributed by atoms with Gasteiger partial charge in [-0.05, 0) is 25.1 Å². The molecule has 10 heteroatoms. The lowest BCUT2D eigenvalue weighted by molar-refractivity contribution is -0.139. The molecule has 2 aromatic rings. The highest BCUT2D eigenvalue weighted by molar-refractivity contribution is 5.90. The maximum absolute atomic E-state index is 15.0. The Morgan fingerprint density at radius 1 is 1.22 bits per heavy atom. The summed E-state index contributed by atoms with van der Waals surface area (Å²) >= 11 is 0. The van der Waals surface area contributed by atoms with E-state index in [1.807, 2.05) is 37.5 Å². The summed E-state index contributed by atoms with van der Waals surface area (Å²) in [6.45, 7) is 10.5. The van der Waals surface area contributed by atoms with Crippen molar-refractivity contribution in [2.75, 3.05) is 42.5 Å². The average Bonchev–Trinajstić information content (AvgIpc) is 3.31. The minimum atomic E-state index is -0.506. The Kier molecular flexibility index (Phi) is 5.79. The van der Waals surface area contributed by atoms with Gasteiger partial charge in [0.25, 0.3) is 0 Å². The van der Waals surface area contributed by atoms with E-state index in [9.17, 15) is 14.0 Å². The maximum atomic E-state index is 15.0. The van der Waals surface area contributed by atoms with Gasteiger partial charge in [-0.2, -0.15) is 0 Å². The van der Waals surface area contributed by atoms with Crippen molar-refractivity contribution >= 4 is 23.4 Å². The molecule has 2 amide bonds. The molecule has 0 bridgehead atoms. The van der Waals surface area contributed by atoms with Crippen LogP contribution in [-0.2, 0) is 16.1 Å². The molecule has 1 aromatic carbocycles. The molecule has 0 saturated carbocycles. The first-order chi connectivity index (χ1) is 15.1. The Balaban J connectivity index is 1.39. The number of cyclic esters (lactones) is 1. The highest BCUT2D eigenvalue weighted by Crippen LogP contribution is 2.29. The van der Waals surface area contributed by atoms with E-state index < -0.39 is 17.3 Å². The van der Waals surface area contributed by atoms with Crippen molar-refractivity contribution in [3.05, 3.63) is 35.9 Å². The molecule has 2 saturated heterocycles. The average molecular weight is 445 g/mol. The quantitative estimate of drug-likeness (QED) is 0.720. The summed E-state index contributed by atoms with van der Waals surface area (Å²) in [5, 5.41) is 7.91. The number of rotatable bonds is 4. The Labute approximate surface area is 186 Å². The topological polar surface area (TPSA) is 83.8 Å². The summed E-state index contributed by atoms with van der Waals surface area (Å²) in [5.41, 5.74) is 1.28. The fourth-order valence-corrected chi connectivity index (χ4v) is 4.07. The summed E-state index contributed by atoms with van der Waals surface area (Å²) in [6.07, 6.45) is 0.882. The minimum absolute atomic E-state index is 0.108. The molecule has 2 aliphatic heterocycles. The van der Waals surface area contributed by atoms with Crippen LogP contribution in [-0.4, -0.2) is 70.7 Å². The van der Waals surface area contributed by atoms with E-state index in [0.717, 1.165) is 5.69 Å². The van der Waals surface area contributed by atoms with Gasteiger partial charge in [0.15, 0.2) is 0 Å². The van der Waals surface area contributed by atoms with E-state index in [0.29, 0.717) is 50.6 Å². The number of nitrogens with zero attached hydrogens (tertiary/aromatic N) is 6. The van der Waals surface area contributed by atoms with Gasteiger partial charge in [-0.1, -0.05) is 26.0 Å². The predicted molar refractivity (Wildman–Crippen MR) is 117 cm³/mol. The molecule has 3 heterocycles. The van der Waals surface area contributed by atoms with Crippen molar-refractivity contribution < 1.29 is 18.7 Å². The van der Waals surface area contributed by atoms with Crippen LogP contribution in [0.4, 0.5) is 20.6 Å². The van der Waals surface area contributed by atoms with E-state index in [4.69, 9.17) is 4.74 Å². The van der Waals surface area contributed by atoms with Crippen molar-refractivity contribution in [2.24, 2.45) is 5.41 Å². The van der Waals surface area contributed by atoms with E-state index in [2.05, 4.69) is 10.3 Å². The molecule has 4 rings (SSSR count). The third-order valence-electron chi connectivity index (χ3n) is 5.71. The number of aromatic nitrogens is 3. The number of carbonyl (C=O) groups is 2. The van der Waals surface area contributed by atoms with Crippen LogP contribution in [0.2, 0.25) is 0 Å². The molecule has 2 aliphatic rings. The van der Waals surface area contributed by atoms with Crippen LogP contribution >= 0.6 is 0 Å². The molecule has 0 unspecified atom stereocenters. The predicted octanol–water partition coefficient (Wildman–Crippen LogP) is 2.45. The van der Waals surface area contributed by atoms with Crippen LogP contribution in [0.3, 0.4) is 0 Å². The van der Waals surface area contributed by atoms with E-state index in [1.54, 1.807) is 23.0 Å². The van der Waals surface area contributed by atoms with E-state index in [-0.39, 0.29) is 12.0 Å². The number of benzene rings is 1.